The van der Waals surface area contributed by atoms with Gasteiger partial charge in [-0.25, -0.2) is 0 Å². The summed E-state index contributed by atoms with van der Waals surface area (Å²) < 4.78 is 0.717. The number of aromatic nitrogens is 1. The second-order valence-corrected chi connectivity index (χ2v) is 5.37. The van der Waals surface area contributed by atoms with Crippen LogP contribution in [0.5, 0.6) is 0 Å². The lowest BCUT2D eigenvalue weighted by molar-refractivity contribution is 0.0946. The van der Waals surface area contributed by atoms with E-state index >= 15 is 0 Å². The zero-order valence-electron chi connectivity index (χ0n) is 9.74. The minimum Gasteiger partial charge on any atom is -0.388 e. The van der Waals surface area contributed by atoms with Crippen molar-refractivity contribution in [3.63, 3.8) is 0 Å². The Hall–Kier alpha value is -1.59. The highest BCUT2D eigenvalue weighted by Crippen LogP contribution is 2.21. The minimum absolute atomic E-state index is 0.198. The zero-order valence-corrected chi connectivity index (χ0v) is 11.3. The largest absolute Gasteiger partial charge is 0.388 e. The molecule has 0 fully saturated rings. The van der Waals surface area contributed by atoms with Crippen LogP contribution in [-0.4, -0.2) is 17.9 Å². The number of anilines is 1. The van der Waals surface area contributed by atoms with Crippen LogP contribution >= 0.6 is 22.9 Å². The number of hydrogen-bond donors (Lipinski definition) is 2. The summed E-state index contributed by atoms with van der Waals surface area (Å²) in [5.41, 5.74) is 1.25. The van der Waals surface area contributed by atoms with E-state index < -0.39 is 0 Å². The van der Waals surface area contributed by atoms with Gasteiger partial charge in [0.05, 0.1) is 10.9 Å². The Balaban J connectivity index is 1.99. The van der Waals surface area contributed by atoms with Gasteiger partial charge in [0.15, 0.2) is 0 Å². The van der Waals surface area contributed by atoms with Gasteiger partial charge >= 0.3 is 0 Å². The molecule has 0 unspecified atom stereocenters. The highest BCUT2D eigenvalue weighted by Gasteiger charge is 2.08. The molecule has 2 aromatic heterocycles. The number of halogens is 1. The number of pyridine rings is 1. The summed E-state index contributed by atoms with van der Waals surface area (Å²) in [4.78, 5) is 16.9. The van der Waals surface area contributed by atoms with Crippen LogP contribution in [0.3, 0.4) is 0 Å². The predicted molar refractivity (Wildman–Crippen MR) is 74.3 cm³/mol. The van der Waals surface area contributed by atoms with Crippen molar-refractivity contribution in [2.75, 3.05) is 12.4 Å². The van der Waals surface area contributed by atoms with Crippen LogP contribution in [0.15, 0.2) is 30.5 Å². The summed E-state index contributed by atoms with van der Waals surface area (Å²) >= 11 is 7.27. The molecule has 0 aliphatic carbocycles. The number of rotatable bonds is 4. The maximum atomic E-state index is 11.9. The van der Waals surface area contributed by atoms with E-state index in [1.165, 1.54) is 11.3 Å². The molecule has 18 heavy (non-hydrogen) atoms. The number of nitrogens with one attached hydrogen (secondary N) is 2. The van der Waals surface area contributed by atoms with Gasteiger partial charge in [-0.1, -0.05) is 11.6 Å². The third-order valence-corrected chi connectivity index (χ3v) is 3.56. The van der Waals surface area contributed by atoms with Gasteiger partial charge < -0.3 is 10.6 Å². The molecule has 0 aliphatic rings. The zero-order chi connectivity index (χ0) is 13.0. The van der Waals surface area contributed by atoms with Gasteiger partial charge in [-0.15, -0.1) is 11.3 Å². The molecule has 0 bridgehead atoms. The number of nitrogens with zero attached hydrogens (tertiary/aromatic N) is 1. The van der Waals surface area contributed by atoms with Gasteiger partial charge in [-0.2, -0.15) is 0 Å². The number of amides is 1. The summed E-state index contributed by atoms with van der Waals surface area (Å²) in [5, 5.41) is 5.77. The maximum Gasteiger partial charge on any atom is 0.270 e. The van der Waals surface area contributed by atoms with Crippen molar-refractivity contribution >= 4 is 34.5 Å². The van der Waals surface area contributed by atoms with E-state index in [9.17, 15) is 4.79 Å². The molecular formula is C12H12ClN3OS. The molecule has 94 valence electrons. The number of hydrogen-bond acceptors (Lipinski definition) is 4. The standard InChI is InChI=1S/C12H12ClN3OS/c1-14-8-4-5-15-10(6-8)12(17)16-7-9-2-3-11(13)18-9/h2-6H,7H2,1H3,(H,14,15)(H,16,17). The van der Waals surface area contributed by atoms with Crippen LogP contribution in [0.25, 0.3) is 0 Å². The lowest BCUT2D eigenvalue weighted by Crippen LogP contribution is -2.23. The van der Waals surface area contributed by atoms with Crippen molar-refractivity contribution in [1.29, 1.82) is 0 Å². The second-order valence-electron chi connectivity index (χ2n) is 3.57. The summed E-state index contributed by atoms with van der Waals surface area (Å²) in [6.45, 7) is 0.460. The summed E-state index contributed by atoms with van der Waals surface area (Å²) in [6.07, 6.45) is 1.60. The molecule has 0 spiro atoms. The summed E-state index contributed by atoms with van der Waals surface area (Å²) in [5.74, 6) is -0.198. The Kier molecular flexibility index (Phi) is 4.17. The Morgan fingerprint density at radius 1 is 1.44 bits per heavy atom. The smallest absolute Gasteiger partial charge is 0.270 e. The quantitative estimate of drug-likeness (QED) is 0.906. The minimum atomic E-state index is -0.198. The van der Waals surface area contributed by atoms with Crippen LogP contribution < -0.4 is 10.6 Å². The fourth-order valence-electron chi connectivity index (χ4n) is 1.41. The molecule has 0 radical (unpaired) electrons. The Bertz CT molecular complexity index is 556. The van der Waals surface area contributed by atoms with E-state index in [1.54, 1.807) is 25.4 Å². The molecule has 2 aromatic rings. The summed E-state index contributed by atoms with van der Waals surface area (Å²) in [6, 6.07) is 7.21. The van der Waals surface area contributed by atoms with Crippen LogP contribution in [0.4, 0.5) is 5.69 Å². The molecular weight excluding hydrogens is 270 g/mol. The maximum absolute atomic E-state index is 11.9. The number of carbonyl (C=O) groups is 1. The topological polar surface area (TPSA) is 54.0 Å². The average molecular weight is 282 g/mol. The third kappa shape index (κ3) is 3.21. The molecule has 0 saturated carbocycles. The van der Waals surface area contributed by atoms with Gasteiger partial charge in [0, 0.05) is 23.8 Å². The molecule has 4 nitrogen and oxygen atoms in total. The molecule has 2 N–H and O–H groups in total. The van der Waals surface area contributed by atoms with Crippen molar-refractivity contribution in [1.82, 2.24) is 10.3 Å². The molecule has 6 heteroatoms. The van der Waals surface area contributed by atoms with E-state index in [1.807, 2.05) is 12.1 Å². The molecule has 0 saturated heterocycles. The van der Waals surface area contributed by atoms with Crippen molar-refractivity contribution in [2.45, 2.75) is 6.54 Å². The van der Waals surface area contributed by atoms with Gasteiger partial charge in [-0.3, -0.25) is 9.78 Å². The fourth-order valence-corrected chi connectivity index (χ4v) is 2.44. The lowest BCUT2D eigenvalue weighted by Gasteiger charge is -2.04. The van der Waals surface area contributed by atoms with Crippen LogP contribution in [-0.2, 0) is 6.54 Å². The van der Waals surface area contributed by atoms with Crippen LogP contribution in [0, 0.1) is 0 Å². The first-order valence-corrected chi connectivity index (χ1v) is 6.54. The average Bonchev–Trinajstić information content (AvgIpc) is 2.82. The predicted octanol–water partition coefficient (Wildman–Crippen LogP) is 2.77. The first-order chi connectivity index (χ1) is 8.69. The fraction of sp³-hybridized carbons (Fsp3) is 0.167. The lowest BCUT2D eigenvalue weighted by atomic mass is 10.3. The molecule has 0 aliphatic heterocycles. The number of thiophene rings is 1. The number of carbonyl (C=O) groups excluding carboxylic acids is 1. The first-order valence-electron chi connectivity index (χ1n) is 5.35. The SMILES string of the molecule is CNc1ccnc(C(=O)NCc2ccc(Cl)s2)c1. The monoisotopic (exact) mass is 281 g/mol. The molecule has 0 atom stereocenters. The second kappa shape index (κ2) is 5.84. The normalized spacial score (nSPS) is 10.1. The highest BCUT2D eigenvalue weighted by atomic mass is 35.5. The van der Waals surface area contributed by atoms with Crippen LogP contribution in [0.1, 0.15) is 15.4 Å². The van der Waals surface area contributed by atoms with Gasteiger partial charge in [0.1, 0.15) is 5.69 Å². The molecule has 1 amide bonds. The van der Waals surface area contributed by atoms with E-state index in [-0.39, 0.29) is 5.91 Å². The Labute approximate surface area is 114 Å². The molecule has 0 aromatic carbocycles. The van der Waals surface area contributed by atoms with E-state index in [4.69, 9.17) is 11.6 Å². The first kappa shape index (κ1) is 12.9. The Morgan fingerprint density at radius 2 is 2.28 bits per heavy atom. The van der Waals surface area contributed by atoms with E-state index in [0.717, 1.165) is 14.9 Å². The molecule has 2 rings (SSSR count). The van der Waals surface area contributed by atoms with Gasteiger partial charge in [0.2, 0.25) is 0 Å². The Morgan fingerprint density at radius 3 is 2.94 bits per heavy atom. The third-order valence-electron chi connectivity index (χ3n) is 2.33. The van der Waals surface area contributed by atoms with Crippen molar-refractivity contribution < 1.29 is 4.79 Å². The highest BCUT2D eigenvalue weighted by molar-refractivity contribution is 7.16. The van der Waals surface area contributed by atoms with E-state index in [0.29, 0.717) is 12.2 Å². The van der Waals surface area contributed by atoms with E-state index in [2.05, 4.69) is 15.6 Å². The van der Waals surface area contributed by atoms with Gasteiger partial charge in [-0.05, 0) is 24.3 Å². The van der Waals surface area contributed by atoms with Crippen molar-refractivity contribution in [3.8, 4) is 0 Å². The molecule has 2 heterocycles. The van der Waals surface area contributed by atoms with Crippen molar-refractivity contribution in [2.24, 2.45) is 0 Å². The van der Waals surface area contributed by atoms with Gasteiger partial charge in [0.25, 0.3) is 5.91 Å². The van der Waals surface area contributed by atoms with Crippen LogP contribution in [0.2, 0.25) is 4.34 Å². The van der Waals surface area contributed by atoms with Crippen molar-refractivity contribution in [3.05, 3.63) is 45.4 Å². The summed E-state index contributed by atoms with van der Waals surface area (Å²) in [7, 11) is 1.80.